The third-order valence-corrected chi connectivity index (χ3v) is 5.06. The minimum atomic E-state index is -0.481. The zero-order valence-corrected chi connectivity index (χ0v) is 14.7. The molecule has 1 saturated carbocycles. The molecule has 5 nitrogen and oxygen atoms in total. The lowest BCUT2D eigenvalue weighted by molar-refractivity contribution is 0.100. The molecular formula is C21H19FN4O. The molecule has 1 amide bonds. The molecule has 1 fully saturated rings. The number of rotatable bonds is 5. The first kappa shape index (κ1) is 17.1. The van der Waals surface area contributed by atoms with E-state index in [0.29, 0.717) is 17.1 Å². The Hall–Kier alpha value is -3.28. The highest BCUT2D eigenvalue weighted by molar-refractivity contribution is 5.93. The van der Waals surface area contributed by atoms with Crippen molar-refractivity contribution in [2.45, 2.75) is 24.8 Å². The lowest BCUT2D eigenvalue weighted by Crippen LogP contribution is -2.42. The Kier molecular flexibility index (Phi) is 4.32. The normalized spacial score (nSPS) is 15.0. The van der Waals surface area contributed by atoms with Gasteiger partial charge < -0.3 is 11.1 Å². The number of amides is 1. The van der Waals surface area contributed by atoms with Gasteiger partial charge in [0, 0.05) is 11.1 Å². The summed E-state index contributed by atoms with van der Waals surface area (Å²) in [7, 11) is 0. The summed E-state index contributed by atoms with van der Waals surface area (Å²) in [6.45, 7) is 0. The number of carbonyl (C=O) groups is 1. The van der Waals surface area contributed by atoms with Gasteiger partial charge >= 0.3 is 0 Å². The molecule has 1 aliphatic rings. The summed E-state index contributed by atoms with van der Waals surface area (Å²) in [4.78, 5) is 11.3. The third kappa shape index (κ3) is 3.38. The number of benzene rings is 2. The second-order valence-electron chi connectivity index (χ2n) is 6.82. The van der Waals surface area contributed by atoms with Crippen molar-refractivity contribution in [2.75, 3.05) is 5.32 Å². The summed E-state index contributed by atoms with van der Waals surface area (Å²) in [5, 5.41) is 12.0. The summed E-state index contributed by atoms with van der Waals surface area (Å²) < 4.78 is 13.6. The molecule has 3 N–H and O–H groups in total. The number of nitrogens with zero attached hydrogens (tertiary/aromatic N) is 2. The van der Waals surface area contributed by atoms with Crippen LogP contribution in [0, 0.1) is 5.82 Å². The van der Waals surface area contributed by atoms with Gasteiger partial charge in [-0.1, -0.05) is 24.3 Å². The van der Waals surface area contributed by atoms with Crippen LogP contribution in [-0.4, -0.2) is 16.1 Å². The topological polar surface area (TPSA) is 80.9 Å². The Bertz CT molecular complexity index is 983. The SMILES string of the molecule is NC(=O)c1cccc(-c2ccc(NC3(c4cccc(F)c4)CCC3)nn2)c1. The average molecular weight is 362 g/mol. The molecule has 1 heterocycles. The summed E-state index contributed by atoms with van der Waals surface area (Å²) in [5.41, 5.74) is 7.80. The molecule has 2 aromatic carbocycles. The number of nitrogens with two attached hydrogens (primary N) is 1. The van der Waals surface area contributed by atoms with Crippen LogP contribution in [0.3, 0.4) is 0 Å². The Balaban J connectivity index is 1.57. The van der Waals surface area contributed by atoms with E-state index in [1.807, 2.05) is 24.3 Å². The summed E-state index contributed by atoms with van der Waals surface area (Å²) in [5.74, 6) is -0.0878. The minimum Gasteiger partial charge on any atom is -0.366 e. The highest BCUT2D eigenvalue weighted by Gasteiger charge is 2.39. The van der Waals surface area contributed by atoms with Gasteiger partial charge in [0.25, 0.3) is 0 Å². The van der Waals surface area contributed by atoms with Crippen molar-refractivity contribution in [2.24, 2.45) is 5.73 Å². The van der Waals surface area contributed by atoms with Crippen molar-refractivity contribution in [3.05, 3.63) is 77.6 Å². The summed E-state index contributed by atoms with van der Waals surface area (Å²) in [6.07, 6.45) is 2.91. The van der Waals surface area contributed by atoms with Crippen LogP contribution >= 0.6 is 0 Å². The van der Waals surface area contributed by atoms with Gasteiger partial charge in [-0.05, 0) is 61.2 Å². The Morgan fingerprint density at radius 2 is 1.85 bits per heavy atom. The van der Waals surface area contributed by atoms with E-state index in [4.69, 9.17) is 5.73 Å². The monoisotopic (exact) mass is 362 g/mol. The van der Waals surface area contributed by atoms with Crippen molar-refractivity contribution >= 4 is 11.7 Å². The number of anilines is 1. The molecule has 0 aliphatic heterocycles. The second-order valence-corrected chi connectivity index (χ2v) is 6.82. The fourth-order valence-electron chi connectivity index (χ4n) is 3.43. The smallest absolute Gasteiger partial charge is 0.248 e. The molecule has 136 valence electrons. The van der Waals surface area contributed by atoms with Crippen LogP contribution in [-0.2, 0) is 5.54 Å². The Morgan fingerprint density at radius 1 is 1.04 bits per heavy atom. The van der Waals surface area contributed by atoms with Gasteiger partial charge in [-0.2, -0.15) is 0 Å². The molecule has 0 saturated heterocycles. The molecule has 3 aromatic rings. The van der Waals surface area contributed by atoms with Gasteiger partial charge in [-0.15, -0.1) is 10.2 Å². The number of aromatic nitrogens is 2. The van der Waals surface area contributed by atoms with Crippen LogP contribution in [0.5, 0.6) is 0 Å². The van der Waals surface area contributed by atoms with Crippen molar-refractivity contribution in [3.63, 3.8) is 0 Å². The largest absolute Gasteiger partial charge is 0.366 e. The van der Waals surface area contributed by atoms with E-state index in [2.05, 4.69) is 15.5 Å². The lowest BCUT2D eigenvalue weighted by Gasteiger charge is -2.43. The maximum absolute atomic E-state index is 13.6. The molecule has 4 rings (SSSR count). The molecule has 0 bridgehead atoms. The molecule has 0 spiro atoms. The van der Waals surface area contributed by atoms with E-state index in [9.17, 15) is 9.18 Å². The molecular weight excluding hydrogens is 343 g/mol. The van der Waals surface area contributed by atoms with Crippen molar-refractivity contribution in [1.29, 1.82) is 0 Å². The van der Waals surface area contributed by atoms with Crippen molar-refractivity contribution in [1.82, 2.24) is 10.2 Å². The Morgan fingerprint density at radius 3 is 2.48 bits per heavy atom. The van der Waals surface area contributed by atoms with Crippen LogP contribution in [0.2, 0.25) is 0 Å². The first-order chi connectivity index (χ1) is 13.1. The fraction of sp³-hybridized carbons (Fsp3) is 0.190. The number of hydrogen-bond acceptors (Lipinski definition) is 4. The first-order valence-electron chi connectivity index (χ1n) is 8.84. The third-order valence-electron chi connectivity index (χ3n) is 5.06. The van der Waals surface area contributed by atoms with Gasteiger partial charge in [0.05, 0.1) is 11.2 Å². The van der Waals surface area contributed by atoms with Gasteiger partial charge in [-0.3, -0.25) is 4.79 Å². The molecule has 0 unspecified atom stereocenters. The summed E-state index contributed by atoms with van der Waals surface area (Å²) >= 11 is 0. The standard InChI is InChI=1S/C21H19FN4O/c22-17-7-2-6-16(13-17)21(10-3-11-21)24-19-9-8-18(25-26-19)14-4-1-5-15(12-14)20(23)27/h1-2,4-9,12-13H,3,10-11H2,(H2,23,27)(H,24,26). The molecule has 0 atom stereocenters. The number of hydrogen-bond donors (Lipinski definition) is 2. The van der Waals surface area contributed by atoms with Crippen LogP contribution in [0.15, 0.2) is 60.7 Å². The molecule has 27 heavy (non-hydrogen) atoms. The molecule has 6 heteroatoms. The van der Waals surface area contributed by atoms with E-state index < -0.39 is 5.91 Å². The van der Waals surface area contributed by atoms with E-state index >= 15 is 0 Å². The molecule has 1 aliphatic carbocycles. The highest BCUT2D eigenvalue weighted by atomic mass is 19.1. The number of carbonyl (C=O) groups excluding carboxylic acids is 1. The van der Waals surface area contributed by atoms with Crippen LogP contribution < -0.4 is 11.1 Å². The predicted octanol–water partition coefficient (Wildman–Crippen LogP) is 3.87. The van der Waals surface area contributed by atoms with Gasteiger partial charge in [-0.25, -0.2) is 4.39 Å². The Labute approximate surface area is 156 Å². The van der Waals surface area contributed by atoms with Gasteiger partial charge in [0.15, 0.2) is 0 Å². The fourth-order valence-corrected chi connectivity index (χ4v) is 3.43. The quantitative estimate of drug-likeness (QED) is 0.722. The van der Waals surface area contributed by atoms with Crippen LogP contribution in [0.25, 0.3) is 11.3 Å². The van der Waals surface area contributed by atoms with Crippen LogP contribution in [0.1, 0.15) is 35.2 Å². The van der Waals surface area contributed by atoms with E-state index in [-0.39, 0.29) is 11.4 Å². The maximum atomic E-state index is 13.6. The summed E-state index contributed by atoms with van der Waals surface area (Å²) in [6, 6.07) is 17.3. The minimum absolute atomic E-state index is 0.240. The van der Waals surface area contributed by atoms with E-state index in [0.717, 1.165) is 30.4 Å². The molecule has 1 aromatic heterocycles. The lowest BCUT2D eigenvalue weighted by atomic mass is 9.72. The maximum Gasteiger partial charge on any atom is 0.248 e. The van der Waals surface area contributed by atoms with Crippen molar-refractivity contribution < 1.29 is 9.18 Å². The number of primary amides is 1. The zero-order chi connectivity index (χ0) is 18.9. The highest BCUT2D eigenvalue weighted by Crippen LogP contribution is 2.43. The molecule has 0 radical (unpaired) electrons. The zero-order valence-electron chi connectivity index (χ0n) is 14.7. The second kappa shape index (κ2) is 6.79. The van der Waals surface area contributed by atoms with E-state index in [1.54, 1.807) is 30.3 Å². The van der Waals surface area contributed by atoms with Crippen molar-refractivity contribution in [3.8, 4) is 11.3 Å². The van der Waals surface area contributed by atoms with Gasteiger partial charge in [0.1, 0.15) is 11.6 Å². The van der Waals surface area contributed by atoms with Crippen LogP contribution in [0.4, 0.5) is 10.2 Å². The van der Waals surface area contributed by atoms with E-state index in [1.165, 1.54) is 6.07 Å². The van der Waals surface area contributed by atoms with Gasteiger partial charge in [0.2, 0.25) is 5.91 Å². The number of halogens is 1. The predicted molar refractivity (Wildman–Crippen MR) is 102 cm³/mol. The number of nitrogens with one attached hydrogen (secondary N) is 1. The first-order valence-corrected chi connectivity index (χ1v) is 8.84. The average Bonchev–Trinajstić information content (AvgIpc) is 2.65.